The highest BCUT2D eigenvalue weighted by molar-refractivity contribution is 5.64. The van der Waals surface area contributed by atoms with Gasteiger partial charge in [0.15, 0.2) is 0 Å². The maximum absolute atomic E-state index is 4.34. The van der Waals surface area contributed by atoms with Gasteiger partial charge in [-0.2, -0.15) is 0 Å². The van der Waals surface area contributed by atoms with Crippen LogP contribution in [0.1, 0.15) is 19.5 Å². The van der Waals surface area contributed by atoms with Crippen molar-refractivity contribution >= 4 is 11.4 Å². The summed E-state index contributed by atoms with van der Waals surface area (Å²) in [7, 11) is 4.08. The van der Waals surface area contributed by atoms with E-state index < -0.39 is 0 Å². The number of hydrogen-bond donors (Lipinski definition) is 0. The lowest BCUT2D eigenvalue weighted by molar-refractivity contribution is 0.292. The van der Waals surface area contributed by atoms with Crippen LogP contribution in [0.5, 0.6) is 0 Å². The second kappa shape index (κ2) is 8.79. The molecule has 0 saturated heterocycles. The highest BCUT2D eigenvalue weighted by atomic mass is 15.6. The number of hydrazine groups is 1. The number of aromatic nitrogens is 3. The zero-order valence-corrected chi connectivity index (χ0v) is 16.6. The molecule has 0 N–H and O–H groups in total. The molecule has 0 aliphatic rings. The smallest absolute Gasteiger partial charge is 0.0971 e. The monoisotopic (exact) mass is 364 g/mol. The fraction of sp³-hybridized carbons (Fsp3) is 0.333. The van der Waals surface area contributed by atoms with Crippen molar-refractivity contribution in [3.8, 4) is 5.69 Å². The van der Waals surface area contributed by atoms with E-state index in [1.807, 2.05) is 43.2 Å². The largest absolute Gasteiger partial charge is 0.298 e. The van der Waals surface area contributed by atoms with Gasteiger partial charge in [0.2, 0.25) is 0 Å². The summed E-state index contributed by atoms with van der Waals surface area (Å²) < 4.78 is 1.85. The molecule has 6 heteroatoms. The molecule has 0 spiro atoms. The van der Waals surface area contributed by atoms with Crippen molar-refractivity contribution in [2.75, 3.05) is 32.2 Å². The van der Waals surface area contributed by atoms with Crippen molar-refractivity contribution in [3.63, 3.8) is 0 Å². The molecule has 0 bridgehead atoms. The van der Waals surface area contributed by atoms with Crippen LogP contribution < -0.4 is 5.01 Å². The maximum atomic E-state index is 4.34. The molecule has 0 unspecified atom stereocenters. The van der Waals surface area contributed by atoms with Crippen LogP contribution in [0.25, 0.3) is 5.69 Å². The first-order valence-electron chi connectivity index (χ1n) is 9.38. The van der Waals surface area contributed by atoms with E-state index in [-0.39, 0.29) is 0 Å². The fourth-order valence-corrected chi connectivity index (χ4v) is 3.12. The standard InChI is InChI=1S/C21H28N6/c1-5-25(6-2)16-18-17-26(23-22-18)20-13-10-14-21(15-20)27(24(3)4)19-11-8-7-9-12-19/h7-15,17H,5-6,16H2,1-4H3. The van der Waals surface area contributed by atoms with Crippen LogP contribution in [0.4, 0.5) is 11.4 Å². The van der Waals surface area contributed by atoms with Crippen molar-refractivity contribution in [3.05, 3.63) is 66.5 Å². The van der Waals surface area contributed by atoms with Gasteiger partial charge in [0.25, 0.3) is 0 Å². The van der Waals surface area contributed by atoms with Crippen LogP contribution in [0.3, 0.4) is 0 Å². The van der Waals surface area contributed by atoms with Crippen LogP contribution in [-0.4, -0.2) is 52.1 Å². The molecule has 0 aliphatic carbocycles. The Morgan fingerprint density at radius 1 is 0.889 bits per heavy atom. The second-order valence-electron chi connectivity index (χ2n) is 6.63. The quantitative estimate of drug-likeness (QED) is 0.570. The minimum Gasteiger partial charge on any atom is -0.298 e. The molecule has 27 heavy (non-hydrogen) atoms. The summed E-state index contributed by atoms with van der Waals surface area (Å²) in [5.41, 5.74) is 4.16. The topological polar surface area (TPSA) is 40.4 Å². The maximum Gasteiger partial charge on any atom is 0.0971 e. The van der Waals surface area contributed by atoms with Gasteiger partial charge in [-0.1, -0.05) is 43.3 Å². The SMILES string of the molecule is CCN(CC)Cc1cn(-c2cccc(N(c3ccccc3)N(C)C)c2)nn1. The van der Waals surface area contributed by atoms with Crippen LogP contribution in [0.2, 0.25) is 0 Å². The molecule has 0 saturated carbocycles. The number of anilines is 2. The molecule has 1 aromatic heterocycles. The molecule has 0 aliphatic heterocycles. The van der Waals surface area contributed by atoms with Gasteiger partial charge in [0, 0.05) is 20.6 Å². The molecular formula is C21H28N6. The fourth-order valence-electron chi connectivity index (χ4n) is 3.12. The van der Waals surface area contributed by atoms with Gasteiger partial charge in [-0.3, -0.25) is 9.91 Å². The third-order valence-corrected chi connectivity index (χ3v) is 4.56. The van der Waals surface area contributed by atoms with E-state index in [4.69, 9.17) is 0 Å². The third kappa shape index (κ3) is 4.53. The Morgan fingerprint density at radius 2 is 1.59 bits per heavy atom. The Balaban J connectivity index is 1.88. The van der Waals surface area contributed by atoms with Crippen LogP contribution in [-0.2, 0) is 6.54 Å². The average molecular weight is 364 g/mol. The molecule has 0 amide bonds. The van der Waals surface area contributed by atoms with Crippen molar-refractivity contribution in [2.45, 2.75) is 20.4 Å². The van der Waals surface area contributed by atoms with E-state index in [1.165, 1.54) is 0 Å². The van der Waals surface area contributed by atoms with E-state index >= 15 is 0 Å². The summed E-state index contributed by atoms with van der Waals surface area (Å²) in [4.78, 5) is 2.33. The lowest BCUT2D eigenvalue weighted by atomic mass is 10.2. The van der Waals surface area contributed by atoms with Gasteiger partial charge < -0.3 is 0 Å². The molecule has 1 heterocycles. The van der Waals surface area contributed by atoms with Gasteiger partial charge in [-0.25, -0.2) is 9.69 Å². The molecule has 142 valence electrons. The van der Waals surface area contributed by atoms with Gasteiger partial charge >= 0.3 is 0 Å². The molecule has 2 aromatic carbocycles. The number of hydrogen-bond acceptors (Lipinski definition) is 5. The number of nitrogens with zero attached hydrogens (tertiary/aromatic N) is 6. The lowest BCUT2D eigenvalue weighted by Crippen LogP contribution is -2.32. The van der Waals surface area contributed by atoms with Gasteiger partial charge in [-0.05, 0) is 43.4 Å². The molecule has 0 atom stereocenters. The van der Waals surface area contributed by atoms with Gasteiger partial charge in [-0.15, -0.1) is 5.10 Å². The van der Waals surface area contributed by atoms with E-state index in [9.17, 15) is 0 Å². The molecule has 0 radical (unpaired) electrons. The highest BCUT2D eigenvalue weighted by Crippen LogP contribution is 2.27. The molecule has 3 aromatic rings. The molecule has 0 fully saturated rings. The third-order valence-electron chi connectivity index (χ3n) is 4.56. The molecular weight excluding hydrogens is 336 g/mol. The lowest BCUT2D eigenvalue weighted by Gasteiger charge is -2.31. The average Bonchev–Trinajstić information content (AvgIpc) is 3.16. The Hall–Kier alpha value is -2.70. The minimum atomic E-state index is 0.820. The summed E-state index contributed by atoms with van der Waals surface area (Å²) in [5.74, 6) is 0. The van der Waals surface area contributed by atoms with E-state index in [1.54, 1.807) is 0 Å². The van der Waals surface area contributed by atoms with Gasteiger partial charge in [0.05, 0.1) is 29.0 Å². The van der Waals surface area contributed by atoms with E-state index in [0.717, 1.165) is 42.4 Å². The van der Waals surface area contributed by atoms with E-state index in [0.29, 0.717) is 0 Å². The van der Waals surface area contributed by atoms with Crippen molar-refractivity contribution in [1.29, 1.82) is 0 Å². The first-order chi connectivity index (χ1) is 13.1. The second-order valence-corrected chi connectivity index (χ2v) is 6.63. The summed E-state index contributed by atoms with van der Waals surface area (Å²) >= 11 is 0. The number of para-hydroxylation sites is 1. The Labute approximate surface area is 161 Å². The summed E-state index contributed by atoms with van der Waals surface area (Å²) in [6.07, 6.45) is 2.01. The van der Waals surface area contributed by atoms with E-state index in [2.05, 4.69) is 75.5 Å². The highest BCUT2D eigenvalue weighted by Gasteiger charge is 2.13. The predicted molar refractivity (Wildman–Crippen MR) is 110 cm³/mol. The van der Waals surface area contributed by atoms with Crippen molar-refractivity contribution in [2.24, 2.45) is 0 Å². The Bertz CT molecular complexity index is 839. The number of benzene rings is 2. The molecule has 3 rings (SSSR count). The Morgan fingerprint density at radius 3 is 2.26 bits per heavy atom. The summed E-state index contributed by atoms with van der Waals surface area (Å²) in [6, 6.07) is 18.7. The first-order valence-corrected chi connectivity index (χ1v) is 9.38. The predicted octanol–water partition coefficient (Wildman–Crippen LogP) is 3.72. The Kier molecular flexibility index (Phi) is 6.21. The zero-order chi connectivity index (χ0) is 19.2. The van der Waals surface area contributed by atoms with Crippen LogP contribution in [0, 0.1) is 0 Å². The minimum absolute atomic E-state index is 0.820. The van der Waals surface area contributed by atoms with Gasteiger partial charge in [0.1, 0.15) is 0 Å². The molecule has 6 nitrogen and oxygen atoms in total. The summed E-state index contributed by atoms with van der Waals surface area (Å²) in [6.45, 7) is 7.16. The normalized spacial score (nSPS) is 11.3. The van der Waals surface area contributed by atoms with Crippen molar-refractivity contribution < 1.29 is 0 Å². The zero-order valence-electron chi connectivity index (χ0n) is 16.6. The van der Waals surface area contributed by atoms with Crippen LogP contribution in [0.15, 0.2) is 60.8 Å². The summed E-state index contributed by atoms with van der Waals surface area (Å²) in [5, 5.41) is 12.9. The van der Waals surface area contributed by atoms with Crippen LogP contribution >= 0.6 is 0 Å². The number of rotatable bonds is 8. The van der Waals surface area contributed by atoms with Crippen molar-refractivity contribution in [1.82, 2.24) is 24.9 Å². The first kappa shape index (κ1) is 19.1.